The van der Waals surface area contributed by atoms with Gasteiger partial charge in [0.1, 0.15) is 18.3 Å². The first-order chi connectivity index (χ1) is 11.3. The number of nitrogens with zero attached hydrogens (tertiary/aromatic N) is 1. The molecule has 5 unspecified atom stereocenters. The number of amides is 1. The number of carbonyl (C=O) groups excluding carboxylic acids is 1. The number of nitro groups is 1. The smallest absolute Gasteiger partial charge is 0.269 e. The molecule has 1 fully saturated rings. The third-order valence-electron chi connectivity index (χ3n) is 3.98. The Morgan fingerprint density at radius 1 is 1.25 bits per heavy atom. The van der Waals surface area contributed by atoms with Crippen LogP contribution < -0.4 is 5.32 Å². The van der Waals surface area contributed by atoms with Gasteiger partial charge in [0.2, 0.25) is 5.91 Å². The maximum Gasteiger partial charge on any atom is 0.269 e. The molecule has 1 heterocycles. The number of carbonyl (C=O) groups is 1. The summed E-state index contributed by atoms with van der Waals surface area (Å²) in [7, 11) is 0. The SMILES string of the molecule is CC(=O)NC1C(Cc2ccc([N+](=O)[O-])cc2)OC(CO)C(O)C1O. The molecule has 1 aliphatic heterocycles. The topological polar surface area (TPSA) is 142 Å². The number of hydrogen-bond acceptors (Lipinski definition) is 7. The van der Waals surface area contributed by atoms with Gasteiger partial charge in [-0.05, 0) is 5.56 Å². The van der Waals surface area contributed by atoms with Crippen molar-refractivity contribution in [1.82, 2.24) is 5.32 Å². The summed E-state index contributed by atoms with van der Waals surface area (Å²) in [5.74, 6) is -0.397. The van der Waals surface area contributed by atoms with Crippen molar-refractivity contribution in [3.05, 3.63) is 39.9 Å². The van der Waals surface area contributed by atoms with E-state index in [1.54, 1.807) is 12.1 Å². The van der Waals surface area contributed by atoms with Gasteiger partial charge in [-0.1, -0.05) is 12.1 Å². The second-order valence-corrected chi connectivity index (χ2v) is 5.73. The first-order valence-electron chi connectivity index (χ1n) is 7.46. The van der Waals surface area contributed by atoms with Crippen molar-refractivity contribution in [1.29, 1.82) is 0 Å². The molecule has 4 N–H and O–H groups in total. The summed E-state index contributed by atoms with van der Waals surface area (Å²) < 4.78 is 5.60. The number of ether oxygens (including phenoxy) is 1. The maximum absolute atomic E-state index is 11.3. The molecule has 9 nitrogen and oxygen atoms in total. The van der Waals surface area contributed by atoms with E-state index in [1.807, 2.05) is 0 Å². The van der Waals surface area contributed by atoms with E-state index in [9.17, 15) is 30.2 Å². The van der Waals surface area contributed by atoms with Gasteiger partial charge in [-0.15, -0.1) is 0 Å². The van der Waals surface area contributed by atoms with Gasteiger partial charge in [0.25, 0.3) is 5.69 Å². The third kappa shape index (κ3) is 4.06. The number of nitrogens with one attached hydrogen (secondary N) is 1. The summed E-state index contributed by atoms with van der Waals surface area (Å²) in [6, 6.07) is 4.94. The molecule has 1 saturated heterocycles. The highest BCUT2D eigenvalue weighted by molar-refractivity contribution is 5.73. The highest BCUT2D eigenvalue weighted by atomic mass is 16.6. The lowest BCUT2D eigenvalue weighted by Gasteiger charge is -2.42. The van der Waals surface area contributed by atoms with Gasteiger partial charge in [-0.25, -0.2) is 0 Å². The molecule has 0 spiro atoms. The van der Waals surface area contributed by atoms with Crippen molar-refractivity contribution in [2.75, 3.05) is 6.61 Å². The minimum absolute atomic E-state index is 0.0505. The number of non-ortho nitro benzene ring substituents is 1. The van der Waals surface area contributed by atoms with Crippen LogP contribution in [0.25, 0.3) is 0 Å². The molecule has 5 atom stereocenters. The molecule has 0 aliphatic carbocycles. The molecule has 1 aromatic carbocycles. The number of benzene rings is 1. The Labute approximate surface area is 138 Å². The van der Waals surface area contributed by atoms with Crippen LogP contribution in [-0.2, 0) is 16.0 Å². The predicted molar refractivity (Wildman–Crippen MR) is 82.2 cm³/mol. The van der Waals surface area contributed by atoms with E-state index in [2.05, 4.69) is 5.32 Å². The molecule has 9 heteroatoms. The van der Waals surface area contributed by atoms with Crippen molar-refractivity contribution >= 4 is 11.6 Å². The monoisotopic (exact) mass is 340 g/mol. The third-order valence-corrected chi connectivity index (χ3v) is 3.98. The summed E-state index contributed by atoms with van der Waals surface area (Å²) >= 11 is 0. The number of aliphatic hydroxyl groups is 3. The number of hydrogen-bond donors (Lipinski definition) is 4. The lowest BCUT2D eigenvalue weighted by molar-refractivity contribution is -0.384. The van der Waals surface area contributed by atoms with E-state index in [-0.39, 0.29) is 12.1 Å². The average molecular weight is 340 g/mol. The molecule has 132 valence electrons. The van der Waals surface area contributed by atoms with Gasteiger partial charge in [-0.3, -0.25) is 14.9 Å². The summed E-state index contributed by atoms with van der Waals surface area (Å²) in [5.41, 5.74) is 0.645. The molecule has 0 saturated carbocycles. The van der Waals surface area contributed by atoms with E-state index in [4.69, 9.17) is 4.74 Å². The largest absolute Gasteiger partial charge is 0.394 e. The number of aliphatic hydroxyl groups excluding tert-OH is 3. The Morgan fingerprint density at radius 2 is 1.88 bits per heavy atom. The van der Waals surface area contributed by atoms with Crippen LogP contribution in [0, 0.1) is 10.1 Å². The summed E-state index contributed by atoms with van der Waals surface area (Å²) in [5, 5.41) is 42.6. The molecule has 0 aromatic heterocycles. The Bertz CT molecular complexity index is 592. The van der Waals surface area contributed by atoms with Crippen LogP contribution in [0.1, 0.15) is 12.5 Å². The van der Waals surface area contributed by atoms with Crippen LogP contribution in [0.15, 0.2) is 24.3 Å². The summed E-state index contributed by atoms with van der Waals surface area (Å²) in [6.45, 7) is 0.794. The minimum atomic E-state index is -1.33. The van der Waals surface area contributed by atoms with Gasteiger partial charge >= 0.3 is 0 Å². The lowest BCUT2D eigenvalue weighted by Crippen LogP contribution is -2.64. The predicted octanol–water partition coefficient (Wildman–Crippen LogP) is -0.877. The van der Waals surface area contributed by atoms with Gasteiger partial charge < -0.3 is 25.4 Å². The zero-order valence-electron chi connectivity index (χ0n) is 13.0. The zero-order chi connectivity index (χ0) is 17.9. The molecular weight excluding hydrogens is 320 g/mol. The molecule has 1 aliphatic rings. The Hall–Kier alpha value is -2.07. The van der Waals surface area contributed by atoms with Crippen LogP contribution in [0.2, 0.25) is 0 Å². The fourth-order valence-electron chi connectivity index (χ4n) is 2.77. The normalized spacial score (nSPS) is 29.9. The van der Waals surface area contributed by atoms with Crippen molar-refractivity contribution in [2.24, 2.45) is 0 Å². The molecular formula is C15H20N2O7. The highest BCUT2D eigenvalue weighted by Gasteiger charge is 2.44. The minimum Gasteiger partial charge on any atom is -0.394 e. The standard InChI is InChI=1S/C15H20N2O7/c1-8(19)16-13-11(24-12(7-18)14(20)15(13)21)6-9-2-4-10(5-3-9)17(22)23/h2-5,11-15,18,20-21H,6-7H2,1H3,(H,16,19). The van der Waals surface area contributed by atoms with Crippen LogP contribution in [0.4, 0.5) is 5.69 Å². The van der Waals surface area contributed by atoms with Crippen LogP contribution in [0.3, 0.4) is 0 Å². The molecule has 24 heavy (non-hydrogen) atoms. The number of rotatable bonds is 5. The van der Waals surface area contributed by atoms with Gasteiger partial charge in [-0.2, -0.15) is 0 Å². The fourth-order valence-corrected chi connectivity index (χ4v) is 2.77. The second-order valence-electron chi connectivity index (χ2n) is 5.73. The molecule has 1 aromatic rings. The van der Waals surface area contributed by atoms with E-state index < -0.39 is 47.9 Å². The van der Waals surface area contributed by atoms with E-state index in [0.717, 1.165) is 0 Å². The van der Waals surface area contributed by atoms with Crippen LogP contribution in [0.5, 0.6) is 0 Å². The molecule has 0 bridgehead atoms. The fraction of sp³-hybridized carbons (Fsp3) is 0.533. The summed E-state index contributed by atoms with van der Waals surface area (Å²) in [6.07, 6.45) is -4.08. The van der Waals surface area contributed by atoms with E-state index in [0.29, 0.717) is 5.56 Å². The van der Waals surface area contributed by atoms with Crippen LogP contribution >= 0.6 is 0 Å². The zero-order valence-corrected chi connectivity index (χ0v) is 13.0. The van der Waals surface area contributed by atoms with Gasteiger partial charge in [0.05, 0.1) is 23.7 Å². The highest BCUT2D eigenvalue weighted by Crippen LogP contribution is 2.24. The molecule has 1 amide bonds. The first-order valence-corrected chi connectivity index (χ1v) is 7.46. The first kappa shape index (κ1) is 18.3. The summed E-state index contributed by atoms with van der Waals surface area (Å²) in [4.78, 5) is 21.5. The lowest BCUT2D eigenvalue weighted by atomic mass is 9.89. The van der Waals surface area contributed by atoms with Gasteiger partial charge in [0.15, 0.2) is 0 Å². The average Bonchev–Trinajstić information content (AvgIpc) is 2.54. The van der Waals surface area contributed by atoms with E-state index >= 15 is 0 Å². The quantitative estimate of drug-likeness (QED) is 0.403. The molecule has 2 rings (SSSR count). The molecule has 0 radical (unpaired) electrons. The van der Waals surface area contributed by atoms with Crippen molar-refractivity contribution in [3.63, 3.8) is 0 Å². The second kappa shape index (κ2) is 7.67. The van der Waals surface area contributed by atoms with Crippen molar-refractivity contribution in [3.8, 4) is 0 Å². The van der Waals surface area contributed by atoms with Crippen molar-refractivity contribution < 1.29 is 29.8 Å². The van der Waals surface area contributed by atoms with Crippen molar-refractivity contribution in [2.45, 2.75) is 43.8 Å². The van der Waals surface area contributed by atoms with E-state index in [1.165, 1.54) is 19.1 Å². The van der Waals surface area contributed by atoms with Crippen LogP contribution in [-0.4, -0.2) is 63.2 Å². The Morgan fingerprint density at radius 3 is 2.38 bits per heavy atom. The van der Waals surface area contributed by atoms with Gasteiger partial charge in [0, 0.05) is 25.5 Å². The maximum atomic E-state index is 11.3. The Kier molecular flexibility index (Phi) is 5.84. The number of nitro benzene ring substituents is 1. The Balaban J connectivity index is 2.19.